The van der Waals surface area contributed by atoms with Crippen LogP contribution in [-0.4, -0.2) is 32.6 Å². The van der Waals surface area contributed by atoms with Crippen molar-refractivity contribution in [1.82, 2.24) is 4.90 Å². The second-order valence-corrected chi connectivity index (χ2v) is 4.07. The fourth-order valence-electron chi connectivity index (χ4n) is 0.767. The number of nitrogens with zero attached hydrogens (tertiary/aromatic N) is 2. The van der Waals surface area contributed by atoms with E-state index in [9.17, 15) is 8.42 Å². The van der Waals surface area contributed by atoms with Gasteiger partial charge in [-0.05, 0) is 0 Å². The maximum atomic E-state index is 11.1. The summed E-state index contributed by atoms with van der Waals surface area (Å²) in [6, 6.07) is 0. The van der Waals surface area contributed by atoms with Crippen LogP contribution >= 0.6 is 0 Å². The fraction of sp³-hybridized carbons (Fsp3) is 0.400. The minimum atomic E-state index is -3.35. The third kappa shape index (κ3) is 1.35. The van der Waals surface area contributed by atoms with E-state index in [0.29, 0.717) is 0 Å². The summed E-state index contributed by atoms with van der Waals surface area (Å²) in [5.74, 6) is 0.0358. The molecule has 0 amide bonds. The second kappa shape index (κ2) is 2.23. The average molecular weight is 175 g/mol. The lowest BCUT2D eigenvalue weighted by Gasteiger charge is -2.09. The molecule has 2 N–H and O–H groups in total. The lowest BCUT2D eigenvalue weighted by Crippen LogP contribution is -2.26. The molecule has 0 saturated heterocycles. The summed E-state index contributed by atoms with van der Waals surface area (Å²) in [6.07, 6.45) is 0. The van der Waals surface area contributed by atoms with E-state index in [1.54, 1.807) is 14.1 Å². The second-order valence-electron chi connectivity index (χ2n) is 2.38. The van der Waals surface area contributed by atoms with Gasteiger partial charge in [-0.1, -0.05) is 0 Å². The number of nitrogens with two attached hydrogens (primary N) is 1. The van der Waals surface area contributed by atoms with Gasteiger partial charge in [0.05, 0.1) is 5.41 Å². The van der Waals surface area contributed by atoms with Crippen LogP contribution in [0.2, 0.25) is 0 Å². The van der Waals surface area contributed by atoms with Crippen LogP contribution in [-0.2, 0) is 9.84 Å². The van der Waals surface area contributed by atoms with Gasteiger partial charge in [-0.2, -0.15) is 0 Å². The molecule has 11 heavy (non-hydrogen) atoms. The summed E-state index contributed by atoms with van der Waals surface area (Å²) < 4.78 is 22.2. The first-order valence-electron chi connectivity index (χ1n) is 2.92. The Balaban J connectivity index is 3.15. The predicted octanol–water partition coefficient (Wildman–Crippen LogP) is -0.910. The largest absolute Gasteiger partial charge is 0.383 e. The number of rotatable bonds is 0. The average Bonchev–Trinajstić information content (AvgIpc) is 2.04. The maximum Gasteiger partial charge on any atom is 0.236 e. The Kier molecular flexibility index (Phi) is 1.63. The highest BCUT2D eigenvalue weighted by Gasteiger charge is 2.25. The Morgan fingerprint density at radius 1 is 1.55 bits per heavy atom. The molecule has 0 aromatic rings. The van der Waals surface area contributed by atoms with Gasteiger partial charge in [0, 0.05) is 14.1 Å². The highest BCUT2D eigenvalue weighted by molar-refractivity contribution is 8.09. The van der Waals surface area contributed by atoms with Crippen molar-refractivity contribution in [3.05, 3.63) is 11.2 Å². The zero-order valence-corrected chi connectivity index (χ0v) is 7.09. The molecule has 0 fully saturated rings. The number of hydrogen-bond acceptors (Lipinski definition) is 5. The van der Waals surface area contributed by atoms with Crippen molar-refractivity contribution >= 4 is 15.0 Å². The van der Waals surface area contributed by atoms with Gasteiger partial charge in [0.1, 0.15) is 5.82 Å². The van der Waals surface area contributed by atoms with Crippen molar-refractivity contribution < 1.29 is 8.42 Å². The van der Waals surface area contributed by atoms with Gasteiger partial charge in [0.2, 0.25) is 15.0 Å². The topological polar surface area (TPSA) is 75.8 Å². The van der Waals surface area contributed by atoms with Crippen LogP contribution in [0.5, 0.6) is 0 Å². The van der Waals surface area contributed by atoms with Crippen molar-refractivity contribution in [2.45, 2.75) is 0 Å². The van der Waals surface area contributed by atoms with Crippen molar-refractivity contribution in [2.24, 2.45) is 10.7 Å². The lowest BCUT2D eigenvalue weighted by molar-refractivity contribution is 0.594. The van der Waals surface area contributed by atoms with E-state index in [-0.39, 0.29) is 11.0 Å². The first kappa shape index (κ1) is 8.06. The van der Waals surface area contributed by atoms with Crippen molar-refractivity contribution in [2.75, 3.05) is 14.1 Å². The van der Waals surface area contributed by atoms with E-state index in [2.05, 4.69) is 4.99 Å². The van der Waals surface area contributed by atoms with Gasteiger partial charge in [-0.25, -0.2) is 13.4 Å². The van der Waals surface area contributed by atoms with Gasteiger partial charge < -0.3 is 10.6 Å². The van der Waals surface area contributed by atoms with Gasteiger partial charge in [0.25, 0.3) is 0 Å². The van der Waals surface area contributed by atoms with Crippen LogP contribution in [0.1, 0.15) is 0 Å². The standard InChI is InChI=1S/C5H9N3O2S/c1-8(2)5-7-4(6)3-11(5,9)10/h3H,6H2,1-2H3. The molecular formula is C5H9N3O2S. The van der Waals surface area contributed by atoms with E-state index in [0.717, 1.165) is 5.41 Å². The number of hydrogen-bond donors (Lipinski definition) is 1. The van der Waals surface area contributed by atoms with Crippen molar-refractivity contribution in [1.29, 1.82) is 0 Å². The Bertz CT molecular complexity index is 326. The van der Waals surface area contributed by atoms with Crippen LogP contribution in [0, 0.1) is 0 Å². The first-order valence-corrected chi connectivity index (χ1v) is 4.46. The molecule has 5 nitrogen and oxygen atoms in total. The summed E-state index contributed by atoms with van der Waals surface area (Å²) >= 11 is 0. The Hall–Kier alpha value is -1.04. The van der Waals surface area contributed by atoms with Crippen LogP contribution in [0.4, 0.5) is 0 Å². The summed E-state index contributed by atoms with van der Waals surface area (Å²) in [6.45, 7) is 0. The molecule has 0 unspecified atom stereocenters. The molecule has 0 spiro atoms. The van der Waals surface area contributed by atoms with E-state index in [1.165, 1.54) is 4.90 Å². The van der Waals surface area contributed by atoms with Crippen LogP contribution in [0.25, 0.3) is 0 Å². The molecule has 0 aromatic carbocycles. The molecule has 6 heteroatoms. The Morgan fingerprint density at radius 2 is 2.09 bits per heavy atom. The quantitative estimate of drug-likeness (QED) is 0.517. The molecule has 0 saturated carbocycles. The molecule has 0 aliphatic carbocycles. The minimum Gasteiger partial charge on any atom is -0.383 e. The molecule has 62 valence electrons. The summed E-state index contributed by atoms with van der Waals surface area (Å²) in [5, 5.41) is 0.942. The highest BCUT2D eigenvalue weighted by atomic mass is 32.2. The van der Waals surface area contributed by atoms with Gasteiger partial charge >= 0.3 is 0 Å². The van der Waals surface area contributed by atoms with Crippen LogP contribution in [0.15, 0.2) is 16.2 Å². The molecule has 0 atom stereocenters. The van der Waals surface area contributed by atoms with Crippen molar-refractivity contribution in [3.63, 3.8) is 0 Å². The van der Waals surface area contributed by atoms with Gasteiger partial charge in [-0.15, -0.1) is 0 Å². The van der Waals surface area contributed by atoms with Crippen LogP contribution in [0.3, 0.4) is 0 Å². The lowest BCUT2D eigenvalue weighted by atomic mass is 10.8. The molecule has 1 rings (SSSR count). The molecule has 1 aliphatic rings. The maximum absolute atomic E-state index is 11.1. The smallest absolute Gasteiger partial charge is 0.236 e. The first-order chi connectivity index (χ1) is 4.93. The highest BCUT2D eigenvalue weighted by Crippen LogP contribution is 2.11. The molecule has 1 aliphatic heterocycles. The number of sulfone groups is 1. The van der Waals surface area contributed by atoms with E-state index < -0.39 is 9.84 Å². The molecule has 0 bridgehead atoms. The zero-order valence-electron chi connectivity index (χ0n) is 6.27. The summed E-state index contributed by atoms with van der Waals surface area (Å²) in [5.41, 5.74) is 5.21. The normalized spacial score (nSPS) is 20.9. The Morgan fingerprint density at radius 3 is 2.27 bits per heavy atom. The zero-order chi connectivity index (χ0) is 8.65. The minimum absolute atomic E-state index is 0.00463. The van der Waals surface area contributed by atoms with E-state index >= 15 is 0 Å². The monoisotopic (exact) mass is 175 g/mol. The summed E-state index contributed by atoms with van der Waals surface area (Å²) in [4.78, 5) is 5.04. The molecule has 0 radical (unpaired) electrons. The van der Waals surface area contributed by atoms with Gasteiger partial charge in [-0.3, -0.25) is 0 Å². The third-order valence-corrected chi connectivity index (χ3v) is 2.65. The number of amidine groups is 1. The number of aliphatic imine (C=N–C) groups is 1. The van der Waals surface area contributed by atoms with Gasteiger partial charge in [0.15, 0.2) is 0 Å². The molecule has 0 aromatic heterocycles. The third-order valence-electron chi connectivity index (χ3n) is 1.14. The summed E-state index contributed by atoms with van der Waals surface area (Å²) in [7, 11) is -0.147. The van der Waals surface area contributed by atoms with E-state index in [4.69, 9.17) is 5.73 Å². The Labute approximate surface area is 65.1 Å². The molecular weight excluding hydrogens is 166 g/mol. The molecule has 1 heterocycles. The van der Waals surface area contributed by atoms with E-state index in [1.807, 2.05) is 0 Å². The van der Waals surface area contributed by atoms with Crippen molar-refractivity contribution in [3.8, 4) is 0 Å². The SMILES string of the molecule is CN(C)C1=NC(N)=CS1(=O)=O. The fourth-order valence-corrected chi connectivity index (χ4v) is 1.98. The predicted molar refractivity (Wildman–Crippen MR) is 42.3 cm³/mol. The van der Waals surface area contributed by atoms with Crippen LogP contribution < -0.4 is 5.73 Å².